The summed E-state index contributed by atoms with van der Waals surface area (Å²) in [5, 5.41) is -2.56. The molecule has 0 amide bonds. The average Bonchev–Trinajstić information content (AvgIpc) is 2.92. The number of rotatable bonds is 27. The summed E-state index contributed by atoms with van der Waals surface area (Å²) in [5.41, 5.74) is 0. The Balaban J connectivity index is 0. The Morgan fingerprint density at radius 2 is 0.718 bits per heavy atom. The molecule has 0 saturated carbocycles. The maximum Gasteiger partial charge on any atom is 0.199 e. The highest BCUT2D eigenvalue weighted by atomic mass is 32.2. The first-order chi connectivity index (χ1) is 18.6. The van der Waals surface area contributed by atoms with Crippen molar-refractivity contribution in [3.8, 4) is 0 Å². The molecule has 0 radical (unpaired) electrons. The van der Waals surface area contributed by atoms with Crippen LogP contribution in [0.3, 0.4) is 0 Å². The second kappa shape index (κ2) is 26.7. The molecule has 0 saturated heterocycles. The van der Waals surface area contributed by atoms with Crippen molar-refractivity contribution in [1.29, 1.82) is 0 Å². The molecule has 0 N–H and O–H groups in total. The third-order valence-electron chi connectivity index (χ3n) is 8.94. The van der Waals surface area contributed by atoms with Gasteiger partial charge in [-0.1, -0.05) is 129 Å². The largest absolute Gasteiger partial charge is 0.745 e. The van der Waals surface area contributed by atoms with Gasteiger partial charge in [0.15, 0.2) is 5.00 Å². The van der Waals surface area contributed by atoms with E-state index >= 15 is 0 Å². The lowest BCUT2D eigenvalue weighted by molar-refractivity contribution is -0.921. The summed E-state index contributed by atoms with van der Waals surface area (Å²) in [5.74, 6) is 0. The van der Waals surface area contributed by atoms with Crippen molar-refractivity contribution in [3.05, 3.63) is 0 Å². The second-order valence-electron chi connectivity index (χ2n) is 11.8. The van der Waals surface area contributed by atoms with Crippen LogP contribution < -0.4 is 0 Å². The fourth-order valence-electron chi connectivity index (χ4n) is 5.47. The first kappa shape index (κ1) is 40.9. The molecule has 1 unspecified atom stereocenters. The van der Waals surface area contributed by atoms with E-state index in [4.69, 9.17) is 0 Å². The lowest BCUT2D eigenvalue weighted by Gasteiger charge is -2.34. The summed E-state index contributed by atoms with van der Waals surface area (Å²) in [7, 11) is -4.90. The molecule has 0 fully saturated rings. The lowest BCUT2D eigenvalue weighted by atomic mass is 10.0. The predicted molar refractivity (Wildman–Crippen MR) is 169 cm³/mol. The predicted octanol–water partition coefficient (Wildman–Crippen LogP) is 10.7. The van der Waals surface area contributed by atoms with Crippen LogP contribution in [0.4, 0.5) is 4.39 Å². The first-order valence-electron chi connectivity index (χ1n) is 17.1. The Kier molecular flexibility index (Phi) is 28.0. The Bertz CT molecular complexity index is 593. The minimum atomic E-state index is -4.90. The van der Waals surface area contributed by atoms with Crippen LogP contribution in [0.5, 0.6) is 0 Å². The number of alkyl halides is 1. The molecule has 1 atom stereocenters. The van der Waals surface area contributed by atoms with Crippen LogP contribution in [0.15, 0.2) is 0 Å². The summed E-state index contributed by atoms with van der Waals surface area (Å²) < 4.78 is 50.7. The summed E-state index contributed by atoms with van der Waals surface area (Å²) in [4.78, 5) is 0. The molecule has 6 heteroatoms. The van der Waals surface area contributed by atoms with Gasteiger partial charge < -0.3 is 9.04 Å². The number of unbranched alkanes of at least 4 members (excludes halogenated alkanes) is 18. The van der Waals surface area contributed by atoms with Gasteiger partial charge in [-0.3, -0.25) is 0 Å². The highest BCUT2D eigenvalue weighted by molar-refractivity contribution is 7.87. The zero-order valence-corrected chi connectivity index (χ0v) is 28.2. The number of quaternary nitrogens is 1. The summed E-state index contributed by atoms with van der Waals surface area (Å²) in [6.45, 7) is 18.6. The summed E-state index contributed by atoms with van der Waals surface area (Å²) >= 11 is 0. The third kappa shape index (κ3) is 22.1. The second-order valence-corrected chi connectivity index (χ2v) is 13.4. The average molecular weight is 580 g/mol. The highest BCUT2D eigenvalue weighted by Crippen LogP contribution is 2.32. The number of hydrogen-bond acceptors (Lipinski definition) is 3. The SMILES string of the molecule is CCCCCCCCCCCCCC(F)(CCCCCCCCCCC)S(=O)(=O)[O-].CC[N+](CC)(CC)CC. The topological polar surface area (TPSA) is 57.2 Å². The molecule has 0 bridgehead atoms. The van der Waals surface area contributed by atoms with Gasteiger partial charge in [-0.25, -0.2) is 12.8 Å². The van der Waals surface area contributed by atoms with Gasteiger partial charge in [0.25, 0.3) is 0 Å². The van der Waals surface area contributed by atoms with E-state index in [1.165, 1.54) is 108 Å². The summed E-state index contributed by atoms with van der Waals surface area (Å²) in [6.07, 6.45) is 21.8. The van der Waals surface area contributed by atoms with E-state index < -0.39 is 15.1 Å². The van der Waals surface area contributed by atoms with Gasteiger partial charge >= 0.3 is 0 Å². The van der Waals surface area contributed by atoms with Gasteiger partial charge in [0.2, 0.25) is 0 Å². The molecule has 0 aliphatic carbocycles. The highest BCUT2D eigenvalue weighted by Gasteiger charge is 2.36. The maximum absolute atomic E-state index is 14.9. The number of halogens is 1. The molecule has 0 aromatic carbocycles. The first-order valence-corrected chi connectivity index (χ1v) is 18.5. The molecule has 0 aromatic heterocycles. The Labute approximate surface area is 245 Å². The molecule has 238 valence electrons. The van der Waals surface area contributed by atoms with E-state index in [0.29, 0.717) is 12.8 Å². The van der Waals surface area contributed by atoms with Gasteiger partial charge in [0.1, 0.15) is 10.1 Å². The van der Waals surface area contributed by atoms with Crippen molar-refractivity contribution >= 4 is 10.1 Å². The van der Waals surface area contributed by atoms with E-state index in [-0.39, 0.29) is 12.8 Å². The fraction of sp³-hybridized carbons (Fsp3) is 1.00. The quantitative estimate of drug-likeness (QED) is 0.0552. The number of nitrogens with zero attached hydrogens (tertiary/aromatic N) is 1. The molecule has 0 rings (SSSR count). The van der Waals surface area contributed by atoms with Crippen molar-refractivity contribution in [2.75, 3.05) is 26.2 Å². The zero-order chi connectivity index (χ0) is 29.9. The molecule has 0 heterocycles. The molecule has 0 aliphatic heterocycles. The molecule has 0 aliphatic rings. The van der Waals surface area contributed by atoms with Crippen LogP contribution in [0.1, 0.15) is 183 Å². The van der Waals surface area contributed by atoms with Gasteiger partial charge in [-0.05, 0) is 53.4 Å². The van der Waals surface area contributed by atoms with E-state index in [9.17, 15) is 17.4 Å². The standard InChI is InChI=1S/C25H51FO3S.C8H20N/c1-3-5-7-9-11-13-14-16-18-20-22-24-25(26,30(27,28)29)23-21-19-17-15-12-10-8-6-4-2;1-5-9(6-2,7-3)8-4/h3-24H2,1-2H3,(H,27,28,29);5-8H2,1-4H3/q;+1/p-1. The Morgan fingerprint density at radius 3 is 0.897 bits per heavy atom. The van der Waals surface area contributed by atoms with Gasteiger partial charge in [0, 0.05) is 0 Å². The van der Waals surface area contributed by atoms with Crippen molar-refractivity contribution < 1.29 is 21.8 Å². The van der Waals surface area contributed by atoms with Gasteiger partial charge in [-0.2, -0.15) is 0 Å². The van der Waals surface area contributed by atoms with Crippen LogP contribution in [0.25, 0.3) is 0 Å². The van der Waals surface area contributed by atoms with E-state index in [0.717, 1.165) is 38.5 Å². The molecule has 39 heavy (non-hydrogen) atoms. The van der Waals surface area contributed by atoms with Crippen LogP contribution >= 0.6 is 0 Å². The lowest BCUT2D eigenvalue weighted by Crippen LogP contribution is -2.47. The fourth-order valence-corrected chi connectivity index (χ4v) is 6.26. The van der Waals surface area contributed by atoms with E-state index in [1.54, 1.807) is 0 Å². The van der Waals surface area contributed by atoms with Crippen LogP contribution in [0.2, 0.25) is 0 Å². The van der Waals surface area contributed by atoms with E-state index in [1.807, 2.05) is 0 Å². The van der Waals surface area contributed by atoms with Gasteiger partial charge in [-0.15, -0.1) is 0 Å². The van der Waals surface area contributed by atoms with Crippen molar-refractivity contribution in [2.24, 2.45) is 0 Å². The van der Waals surface area contributed by atoms with Crippen LogP contribution in [-0.2, 0) is 10.1 Å². The Morgan fingerprint density at radius 1 is 0.487 bits per heavy atom. The molecular formula is C33H70FNO3S. The van der Waals surface area contributed by atoms with Crippen molar-refractivity contribution in [1.82, 2.24) is 0 Å². The van der Waals surface area contributed by atoms with Crippen molar-refractivity contribution in [3.63, 3.8) is 0 Å². The monoisotopic (exact) mass is 580 g/mol. The maximum atomic E-state index is 14.9. The van der Waals surface area contributed by atoms with Gasteiger partial charge in [0.05, 0.1) is 26.2 Å². The third-order valence-corrected chi connectivity index (χ3v) is 10.2. The smallest absolute Gasteiger partial charge is 0.199 e. The number of hydrogen-bond donors (Lipinski definition) is 0. The van der Waals surface area contributed by atoms with Crippen LogP contribution in [-0.4, -0.2) is 48.6 Å². The normalized spacial score (nSPS) is 13.6. The van der Waals surface area contributed by atoms with Crippen LogP contribution in [0, 0.1) is 0 Å². The molecule has 4 nitrogen and oxygen atoms in total. The van der Waals surface area contributed by atoms with Crippen molar-refractivity contribution in [2.45, 2.75) is 188 Å². The minimum absolute atomic E-state index is 0.132. The summed E-state index contributed by atoms with van der Waals surface area (Å²) in [6, 6.07) is 0. The molecular weight excluding hydrogens is 509 g/mol. The zero-order valence-electron chi connectivity index (χ0n) is 27.3. The molecule has 0 aromatic rings. The molecule has 0 spiro atoms. The van der Waals surface area contributed by atoms with E-state index in [2.05, 4.69) is 41.5 Å². The minimum Gasteiger partial charge on any atom is -0.745 e. The Hall–Kier alpha value is -0.200.